The van der Waals surface area contributed by atoms with Crippen LogP contribution in [-0.2, 0) is 15.1 Å². The minimum Gasteiger partial charge on any atom is -0.486 e. The van der Waals surface area contributed by atoms with E-state index in [-0.39, 0.29) is 0 Å². The molecule has 0 bridgehead atoms. The number of rotatable bonds is 4. The third kappa shape index (κ3) is 3.39. The Morgan fingerprint density at radius 1 is 1.00 bits per heavy atom. The van der Waals surface area contributed by atoms with Crippen molar-refractivity contribution in [1.29, 1.82) is 0 Å². The molecular weight excluding hydrogens is 410 g/mol. The summed E-state index contributed by atoms with van der Waals surface area (Å²) in [5.74, 6) is 0.138. The molecule has 1 fully saturated rings. The maximum atomic E-state index is 13.2. The van der Waals surface area contributed by atoms with Gasteiger partial charge in [0.2, 0.25) is 5.91 Å². The van der Waals surface area contributed by atoms with E-state index in [0.29, 0.717) is 36.0 Å². The Hall–Kier alpha value is -4.07. The predicted octanol–water partition coefficient (Wildman–Crippen LogP) is 3.02. The van der Waals surface area contributed by atoms with Crippen LogP contribution in [0.2, 0.25) is 0 Å². The number of fused-ring (bicyclic) bond motifs is 2. The average molecular weight is 431 g/mol. The number of carbonyl (C=O) groups excluding carboxylic acids is 3. The number of hydrogen-bond acceptors (Lipinski definition) is 5. The van der Waals surface area contributed by atoms with Crippen molar-refractivity contribution in [3.63, 3.8) is 0 Å². The fourth-order valence-corrected chi connectivity index (χ4v) is 4.00. The van der Waals surface area contributed by atoms with Gasteiger partial charge in [-0.2, -0.15) is 0 Å². The van der Waals surface area contributed by atoms with E-state index in [0.717, 1.165) is 15.7 Å². The molecule has 8 heteroatoms. The second-order valence-electron chi connectivity index (χ2n) is 7.91. The number of hydrogen-bond donors (Lipinski definition) is 2. The summed E-state index contributed by atoms with van der Waals surface area (Å²) < 4.78 is 11.1. The van der Waals surface area contributed by atoms with Crippen molar-refractivity contribution in [3.05, 3.63) is 66.2 Å². The van der Waals surface area contributed by atoms with Crippen molar-refractivity contribution in [2.24, 2.45) is 0 Å². The lowest BCUT2D eigenvalue weighted by atomic mass is 9.91. The van der Waals surface area contributed by atoms with Gasteiger partial charge < -0.3 is 20.1 Å². The van der Waals surface area contributed by atoms with Crippen molar-refractivity contribution in [2.45, 2.75) is 12.5 Å². The van der Waals surface area contributed by atoms with Crippen LogP contribution in [0.15, 0.2) is 60.7 Å². The number of carbonyl (C=O) groups is 3. The zero-order valence-electron chi connectivity index (χ0n) is 17.4. The summed E-state index contributed by atoms with van der Waals surface area (Å²) in [6.45, 7) is 2.09. The molecule has 4 amide bonds. The number of ether oxygens (including phenoxy) is 2. The Bertz CT molecular complexity index is 1260. The van der Waals surface area contributed by atoms with Gasteiger partial charge in [0, 0.05) is 5.69 Å². The molecule has 0 saturated carbocycles. The third-order valence-corrected chi connectivity index (χ3v) is 5.73. The van der Waals surface area contributed by atoms with Gasteiger partial charge in [0.05, 0.1) is 0 Å². The molecule has 2 aliphatic heterocycles. The van der Waals surface area contributed by atoms with Gasteiger partial charge >= 0.3 is 6.03 Å². The lowest BCUT2D eigenvalue weighted by molar-refractivity contribution is -0.133. The second-order valence-corrected chi connectivity index (χ2v) is 7.91. The zero-order valence-corrected chi connectivity index (χ0v) is 17.4. The highest BCUT2D eigenvalue weighted by Gasteiger charge is 2.49. The summed E-state index contributed by atoms with van der Waals surface area (Å²) in [4.78, 5) is 39.3. The first-order valence-electron chi connectivity index (χ1n) is 10.3. The number of urea groups is 1. The first kappa shape index (κ1) is 19.9. The monoisotopic (exact) mass is 431 g/mol. The van der Waals surface area contributed by atoms with Gasteiger partial charge in [0.15, 0.2) is 11.5 Å². The molecule has 2 heterocycles. The number of benzene rings is 3. The van der Waals surface area contributed by atoms with Crippen molar-refractivity contribution in [2.75, 3.05) is 25.1 Å². The minimum atomic E-state index is -1.31. The van der Waals surface area contributed by atoms with Crippen molar-refractivity contribution in [1.82, 2.24) is 10.2 Å². The molecule has 3 aromatic rings. The van der Waals surface area contributed by atoms with Gasteiger partial charge in [-0.25, -0.2) is 4.79 Å². The van der Waals surface area contributed by atoms with Crippen LogP contribution in [0.5, 0.6) is 11.5 Å². The maximum Gasteiger partial charge on any atom is 0.325 e. The molecule has 8 nitrogen and oxygen atoms in total. The molecule has 0 spiro atoms. The van der Waals surface area contributed by atoms with Crippen LogP contribution in [0.3, 0.4) is 0 Å². The normalized spacial score (nSPS) is 19.7. The van der Waals surface area contributed by atoms with Crippen LogP contribution in [0.4, 0.5) is 10.5 Å². The largest absolute Gasteiger partial charge is 0.486 e. The predicted molar refractivity (Wildman–Crippen MR) is 118 cm³/mol. The quantitative estimate of drug-likeness (QED) is 0.619. The minimum absolute atomic E-state index is 0.391. The van der Waals surface area contributed by atoms with E-state index < -0.39 is 29.9 Å². The Labute approximate surface area is 184 Å². The molecule has 1 saturated heterocycles. The van der Waals surface area contributed by atoms with Crippen LogP contribution < -0.4 is 20.1 Å². The Morgan fingerprint density at radius 2 is 1.75 bits per heavy atom. The van der Waals surface area contributed by atoms with Crippen molar-refractivity contribution < 1.29 is 23.9 Å². The first-order valence-corrected chi connectivity index (χ1v) is 10.3. The highest BCUT2D eigenvalue weighted by molar-refractivity contribution is 6.10. The molecule has 162 valence electrons. The van der Waals surface area contributed by atoms with E-state index in [1.54, 1.807) is 31.2 Å². The number of amides is 4. The molecule has 0 aromatic heterocycles. The maximum absolute atomic E-state index is 13.2. The molecule has 1 atom stereocenters. The molecule has 0 aliphatic carbocycles. The van der Waals surface area contributed by atoms with Crippen LogP contribution in [-0.4, -0.2) is 42.5 Å². The lowest BCUT2D eigenvalue weighted by Gasteiger charge is -2.25. The fourth-order valence-electron chi connectivity index (χ4n) is 4.00. The lowest BCUT2D eigenvalue weighted by Crippen LogP contribution is -2.42. The Kier molecular flexibility index (Phi) is 4.70. The van der Waals surface area contributed by atoms with Gasteiger partial charge in [-0.05, 0) is 47.5 Å². The number of nitrogens with one attached hydrogen (secondary N) is 2. The van der Waals surface area contributed by atoms with E-state index >= 15 is 0 Å². The molecule has 32 heavy (non-hydrogen) atoms. The van der Waals surface area contributed by atoms with Gasteiger partial charge in [-0.15, -0.1) is 0 Å². The van der Waals surface area contributed by atoms with Gasteiger partial charge in [-0.1, -0.05) is 36.4 Å². The summed E-state index contributed by atoms with van der Waals surface area (Å²) in [5.41, 5.74) is -0.163. The van der Waals surface area contributed by atoms with E-state index in [1.807, 2.05) is 36.4 Å². The molecule has 2 aliphatic rings. The van der Waals surface area contributed by atoms with Crippen molar-refractivity contribution >= 4 is 34.3 Å². The average Bonchev–Trinajstić information content (AvgIpc) is 3.02. The number of nitrogens with zero attached hydrogens (tertiary/aromatic N) is 1. The Balaban J connectivity index is 1.32. The van der Waals surface area contributed by atoms with E-state index in [1.165, 1.54) is 0 Å². The summed E-state index contributed by atoms with van der Waals surface area (Å²) in [6.07, 6.45) is 0. The van der Waals surface area contributed by atoms with Crippen LogP contribution >= 0.6 is 0 Å². The number of anilines is 1. The zero-order chi connectivity index (χ0) is 22.3. The molecular formula is C24H21N3O5. The molecule has 0 radical (unpaired) electrons. The molecule has 3 aromatic carbocycles. The summed E-state index contributed by atoms with van der Waals surface area (Å²) in [6, 6.07) is 17.8. The van der Waals surface area contributed by atoms with Crippen LogP contribution in [0.1, 0.15) is 12.5 Å². The number of imide groups is 1. The Morgan fingerprint density at radius 3 is 2.56 bits per heavy atom. The van der Waals surface area contributed by atoms with Crippen molar-refractivity contribution in [3.8, 4) is 11.5 Å². The summed E-state index contributed by atoms with van der Waals surface area (Å²) in [5, 5.41) is 7.50. The first-order chi connectivity index (χ1) is 15.4. The van der Waals surface area contributed by atoms with E-state index in [9.17, 15) is 14.4 Å². The van der Waals surface area contributed by atoms with E-state index in [4.69, 9.17) is 9.47 Å². The van der Waals surface area contributed by atoms with Gasteiger partial charge in [0.25, 0.3) is 5.91 Å². The fraction of sp³-hybridized carbons (Fsp3) is 0.208. The highest BCUT2D eigenvalue weighted by Crippen LogP contribution is 2.36. The van der Waals surface area contributed by atoms with E-state index in [2.05, 4.69) is 10.6 Å². The van der Waals surface area contributed by atoms with Crippen LogP contribution in [0.25, 0.3) is 10.8 Å². The standard InChI is InChI=1S/C24H21N3O5/c1-24(17-7-9-19-20(13-17)32-11-10-31-19)22(29)27(23(30)26-24)14-21(28)25-18-8-6-15-4-2-3-5-16(15)12-18/h2-9,12-13H,10-11,14H2,1H3,(H,25,28)(H,26,30)/t24-/m0/s1. The molecule has 2 N–H and O–H groups in total. The summed E-state index contributed by atoms with van der Waals surface area (Å²) in [7, 11) is 0. The van der Waals surface area contributed by atoms with Gasteiger partial charge in [0.1, 0.15) is 25.3 Å². The smallest absolute Gasteiger partial charge is 0.325 e. The summed E-state index contributed by atoms with van der Waals surface area (Å²) >= 11 is 0. The SMILES string of the molecule is C[C@@]1(c2ccc3c(c2)OCCO3)NC(=O)N(CC(=O)Nc2ccc3ccccc3c2)C1=O. The second kappa shape index (κ2) is 7.56. The molecule has 0 unspecified atom stereocenters. The highest BCUT2D eigenvalue weighted by atomic mass is 16.6. The van der Waals surface area contributed by atoms with Crippen LogP contribution in [0, 0.1) is 0 Å². The third-order valence-electron chi connectivity index (χ3n) is 5.73. The molecule has 5 rings (SSSR count). The van der Waals surface area contributed by atoms with Gasteiger partial charge in [-0.3, -0.25) is 14.5 Å². The topological polar surface area (TPSA) is 97.0 Å².